The lowest BCUT2D eigenvalue weighted by atomic mass is 9.49. The zero-order valence-corrected chi connectivity index (χ0v) is 15.3. The Morgan fingerprint density at radius 3 is 2.32 bits per heavy atom. The number of hydrogen-bond donors (Lipinski definition) is 1. The molecular weight excluding hydrogens is 266 g/mol. The molecule has 0 spiro atoms. The third-order valence-electron chi connectivity index (χ3n) is 7.33. The topological polar surface area (TPSA) is 26.0 Å². The van der Waals surface area contributed by atoms with Gasteiger partial charge in [-0.05, 0) is 91.7 Å². The molecule has 0 aliphatic heterocycles. The highest BCUT2D eigenvalue weighted by molar-refractivity contribution is 5.33. The van der Waals surface area contributed by atoms with Crippen molar-refractivity contribution < 1.29 is 0 Å². The van der Waals surface area contributed by atoms with Crippen molar-refractivity contribution in [2.24, 2.45) is 40.2 Å². The van der Waals surface area contributed by atoms with Crippen molar-refractivity contribution in [3.8, 4) is 0 Å². The average molecular weight is 302 g/mol. The van der Waals surface area contributed by atoms with Gasteiger partial charge in [-0.25, -0.2) is 0 Å². The van der Waals surface area contributed by atoms with E-state index in [1.807, 2.05) is 0 Å². The van der Waals surface area contributed by atoms with Crippen LogP contribution in [-0.4, -0.2) is 0 Å². The minimum atomic E-state index is 0.546. The molecule has 0 saturated heterocycles. The third kappa shape index (κ3) is 2.88. The van der Waals surface area contributed by atoms with Crippen LogP contribution in [0.15, 0.2) is 23.4 Å². The predicted molar refractivity (Wildman–Crippen MR) is 95.3 cm³/mol. The maximum Gasteiger partial charge on any atom is -0.00326 e. The minimum Gasteiger partial charge on any atom is -0.404 e. The molecule has 0 aromatic rings. The van der Waals surface area contributed by atoms with Crippen LogP contribution in [0, 0.1) is 34.5 Å². The van der Waals surface area contributed by atoms with E-state index in [0.29, 0.717) is 10.8 Å². The van der Waals surface area contributed by atoms with E-state index in [4.69, 9.17) is 5.73 Å². The van der Waals surface area contributed by atoms with Crippen molar-refractivity contribution in [2.75, 3.05) is 0 Å². The molecule has 0 aromatic heterocycles. The van der Waals surface area contributed by atoms with Gasteiger partial charge >= 0.3 is 0 Å². The number of nitrogens with two attached hydrogens (primary N) is 1. The van der Waals surface area contributed by atoms with Crippen LogP contribution < -0.4 is 5.73 Å². The normalized spacial score (nSPS) is 42.0. The molecule has 3 aliphatic carbocycles. The van der Waals surface area contributed by atoms with Crippen molar-refractivity contribution in [3.05, 3.63) is 23.4 Å². The van der Waals surface area contributed by atoms with Gasteiger partial charge in [0, 0.05) is 0 Å². The summed E-state index contributed by atoms with van der Waals surface area (Å²) in [7, 11) is 0. The summed E-state index contributed by atoms with van der Waals surface area (Å²) in [6.45, 7) is 12.2. The molecule has 0 heterocycles. The number of hydrogen-bond acceptors (Lipinski definition) is 1. The molecular formula is C21H35N. The second kappa shape index (κ2) is 5.42. The molecule has 1 nitrogen and oxygen atoms in total. The lowest BCUT2D eigenvalue weighted by Gasteiger charge is -2.56. The molecule has 124 valence electrons. The lowest BCUT2D eigenvalue weighted by molar-refractivity contribution is -0.0608. The van der Waals surface area contributed by atoms with Crippen LogP contribution >= 0.6 is 0 Å². The van der Waals surface area contributed by atoms with E-state index in [-0.39, 0.29) is 0 Å². The monoisotopic (exact) mass is 301 g/mol. The maximum atomic E-state index is 5.62. The van der Waals surface area contributed by atoms with Crippen molar-refractivity contribution in [3.63, 3.8) is 0 Å². The Balaban J connectivity index is 1.72. The fourth-order valence-corrected chi connectivity index (χ4v) is 5.55. The van der Waals surface area contributed by atoms with E-state index in [1.165, 1.54) is 44.1 Å². The Hall–Kier alpha value is -0.720. The van der Waals surface area contributed by atoms with Gasteiger partial charge in [-0.2, -0.15) is 0 Å². The molecule has 4 unspecified atom stereocenters. The second-order valence-electron chi connectivity index (χ2n) is 9.70. The van der Waals surface area contributed by atoms with E-state index < -0.39 is 0 Å². The number of allylic oxidation sites excluding steroid dienone is 3. The highest BCUT2D eigenvalue weighted by atomic mass is 14.6. The highest BCUT2D eigenvalue weighted by Gasteiger charge is 2.52. The van der Waals surface area contributed by atoms with Gasteiger partial charge in [-0.15, -0.1) is 0 Å². The predicted octanol–water partition coefficient (Wildman–Crippen LogP) is 5.67. The molecule has 0 radical (unpaired) electrons. The van der Waals surface area contributed by atoms with Crippen LogP contribution in [0.1, 0.15) is 73.1 Å². The molecule has 0 bridgehead atoms. The van der Waals surface area contributed by atoms with E-state index in [2.05, 4.69) is 40.7 Å². The third-order valence-corrected chi connectivity index (χ3v) is 7.33. The van der Waals surface area contributed by atoms with Crippen LogP contribution in [0.2, 0.25) is 0 Å². The largest absolute Gasteiger partial charge is 0.404 e. The van der Waals surface area contributed by atoms with E-state index in [0.717, 1.165) is 23.7 Å². The zero-order valence-electron chi connectivity index (χ0n) is 15.3. The fraction of sp³-hybridized carbons (Fsp3) is 0.810. The Bertz CT molecular complexity index is 494. The van der Waals surface area contributed by atoms with E-state index in [9.17, 15) is 0 Å². The Kier molecular flexibility index (Phi) is 3.98. The summed E-state index contributed by atoms with van der Waals surface area (Å²) in [6, 6.07) is 0. The summed E-state index contributed by atoms with van der Waals surface area (Å²) < 4.78 is 0. The minimum absolute atomic E-state index is 0.546. The first kappa shape index (κ1) is 16.1. The van der Waals surface area contributed by atoms with Crippen LogP contribution in [-0.2, 0) is 0 Å². The molecule has 0 aromatic carbocycles. The van der Waals surface area contributed by atoms with Crippen molar-refractivity contribution in [2.45, 2.75) is 73.1 Å². The summed E-state index contributed by atoms with van der Waals surface area (Å²) in [5.74, 6) is 3.69. The molecule has 3 fully saturated rings. The first-order valence-corrected chi connectivity index (χ1v) is 9.33. The zero-order chi connectivity index (χ0) is 16.1. The van der Waals surface area contributed by atoms with Crippen molar-refractivity contribution in [1.29, 1.82) is 0 Å². The molecule has 2 N–H and O–H groups in total. The second-order valence-corrected chi connectivity index (χ2v) is 9.70. The van der Waals surface area contributed by atoms with Gasteiger partial charge in [0.15, 0.2) is 0 Å². The molecule has 1 heteroatoms. The standard InChI is InChI=1S/C21H35N/c1-14(13-22)10-16-11-17(16)15-6-7-18-19(12-15)21(4,5)9-8-20(18,2)3/h10,13,15,17-19H,6-9,11-12,22H2,1-5H3/b14-13+,16-10-. The summed E-state index contributed by atoms with van der Waals surface area (Å²) in [4.78, 5) is 0. The van der Waals surface area contributed by atoms with Gasteiger partial charge in [-0.3, -0.25) is 0 Å². The fourth-order valence-electron chi connectivity index (χ4n) is 5.55. The van der Waals surface area contributed by atoms with Crippen LogP contribution in [0.5, 0.6) is 0 Å². The Morgan fingerprint density at radius 2 is 1.68 bits per heavy atom. The Morgan fingerprint density at radius 1 is 1.05 bits per heavy atom. The highest BCUT2D eigenvalue weighted by Crippen LogP contribution is 2.61. The van der Waals surface area contributed by atoms with Crippen molar-refractivity contribution in [1.82, 2.24) is 0 Å². The van der Waals surface area contributed by atoms with Crippen molar-refractivity contribution >= 4 is 0 Å². The van der Waals surface area contributed by atoms with Gasteiger partial charge in [0.1, 0.15) is 0 Å². The molecule has 3 rings (SSSR count). The Labute approximate surface area is 137 Å². The first-order chi connectivity index (χ1) is 10.2. The number of rotatable bonds is 2. The van der Waals surface area contributed by atoms with Gasteiger partial charge in [0.25, 0.3) is 0 Å². The molecule has 3 saturated carbocycles. The van der Waals surface area contributed by atoms with E-state index >= 15 is 0 Å². The SMILES string of the molecule is CC(/C=C1/CC1C1CCC2C(C1)C(C)(C)CCC2(C)C)=C\N. The average Bonchev–Trinajstić information content (AvgIpc) is 3.23. The summed E-state index contributed by atoms with van der Waals surface area (Å²) in [6.07, 6.45) is 12.6. The molecule has 22 heavy (non-hydrogen) atoms. The van der Waals surface area contributed by atoms with Gasteiger partial charge in [0.2, 0.25) is 0 Å². The van der Waals surface area contributed by atoms with Gasteiger partial charge in [-0.1, -0.05) is 39.3 Å². The van der Waals surface area contributed by atoms with Gasteiger partial charge in [0.05, 0.1) is 0 Å². The van der Waals surface area contributed by atoms with Crippen LogP contribution in [0.3, 0.4) is 0 Å². The smallest absolute Gasteiger partial charge is 0.00326 e. The van der Waals surface area contributed by atoms with E-state index in [1.54, 1.807) is 11.8 Å². The van der Waals surface area contributed by atoms with Crippen LogP contribution in [0.25, 0.3) is 0 Å². The summed E-state index contributed by atoms with van der Waals surface area (Å²) in [5.41, 5.74) is 9.62. The molecule has 3 aliphatic rings. The lowest BCUT2D eigenvalue weighted by Crippen LogP contribution is -2.47. The first-order valence-electron chi connectivity index (χ1n) is 9.33. The molecule has 4 atom stereocenters. The van der Waals surface area contributed by atoms with Gasteiger partial charge < -0.3 is 5.73 Å². The summed E-state index contributed by atoms with van der Waals surface area (Å²) in [5, 5.41) is 0. The number of fused-ring (bicyclic) bond motifs is 1. The summed E-state index contributed by atoms with van der Waals surface area (Å²) >= 11 is 0. The molecule has 0 amide bonds. The maximum absolute atomic E-state index is 5.62. The van der Waals surface area contributed by atoms with Crippen LogP contribution in [0.4, 0.5) is 0 Å². The quantitative estimate of drug-likeness (QED) is 0.698.